The van der Waals surface area contributed by atoms with Crippen molar-refractivity contribution < 1.29 is 4.79 Å². The molecule has 3 aliphatic rings. The van der Waals surface area contributed by atoms with Gasteiger partial charge in [0.05, 0.1) is 6.04 Å². The minimum atomic E-state index is -0.561. The SMILES string of the molecule is CC1N=NC(C(=O)NC2CCCC2)c2cc(-c3cncc(CN4CCC4)c3)ccc21. The van der Waals surface area contributed by atoms with E-state index in [9.17, 15) is 4.79 Å². The van der Waals surface area contributed by atoms with Gasteiger partial charge in [-0.1, -0.05) is 25.0 Å². The maximum absolute atomic E-state index is 13.0. The van der Waals surface area contributed by atoms with E-state index in [1.807, 2.05) is 19.3 Å². The van der Waals surface area contributed by atoms with Gasteiger partial charge >= 0.3 is 0 Å². The van der Waals surface area contributed by atoms with Crippen molar-refractivity contribution in [2.45, 2.75) is 63.7 Å². The van der Waals surface area contributed by atoms with Crippen LogP contribution in [0.1, 0.15) is 67.8 Å². The number of aromatic nitrogens is 1. The molecule has 1 aromatic carbocycles. The highest BCUT2D eigenvalue weighted by Gasteiger charge is 2.31. The molecule has 6 nitrogen and oxygen atoms in total. The first-order chi connectivity index (χ1) is 14.7. The Morgan fingerprint density at radius 3 is 2.63 bits per heavy atom. The smallest absolute Gasteiger partial charge is 0.251 e. The fraction of sp³-hybridized carbons (Fsp3) is 0.500. The summed E-state index contributed by atoms with van der Waals surface area (Å²) >= 11 is 0. The van der Waals surface area contributed by atoms with Crippen LogP contribution in [-0.2, 0) is 11.3 Å². The van der Waals surface area contributed by atoms with Crippen molar-refractivity contribution in [3.63, 3.8) is 0 Å². The first-order valence-electron chi connectivity index (χ1n) is 11.2. The van der Waals surface area contributed by atoms with Crippen molar-refractivity contribution in [2.24, 2.45) is 10.2 Å². The number of nitrogens with one attached hydrogen (secondary N) is 1. The number of rotatable bonds is 5. The highest BCUT2D eigenvalue weighted by Crippen LogP contribution is 2.37. The van der Waals surface area contributed by atoms with Gasteiger partial charge in [0, 0.05) is 30.5 Å². The molecule has 5 rings (SSSR count). The third kappa shape index (κ3) is 3.88. The molecule has 2 fully saturated rings. The van der Waals surface area contributed by atoms with Crippen molar-refractivity contribution in [3.8, 4) is 11.1 Å². The highest BCUT2D eigenvalue weighted by atomic mass is 16.2. The lowest BCUT2D eigenvalue weighted by molar-refractivity contribution is -0.123. The second kappa shape index (κ2) is 8.26. The maximum Gasteiger partial charge on any atom is 0.251 e. The van der Waals surface area contributed by atoms with E-state index in [4.69, 9.17) is 0 Å². The van der Waals surface area contributed by atoms with Crippen molar-refractivity contribution >= 4 is 5.91 Å². The number of carbonyl (C=O) groups is 1. The standard InChI is InChI=1S/C24H29N5O/c1-16-21-8-7-18(19-11-17(13-25-14-19)15-29-9-4-10-29)12-22(21)23(28-27-16)24(30)26-20-5-2-3-6-20/h7-8,11-14,16,20,23H,2-6,9-10,15H2,1H3,(H,26,30). The number of amides is 1. The maximum atomic E-state index is 13.0. The zero-order valence-corrected chi connectivity index (χ0v) is 17.6. The Morgan fingerprint density at radius 2 is 1.87 bits per heavy atom. The molecule has 2 atom stereocenters. The summed E-state index contributed by atoms with van der Waals surface area (Å²) in [6.07, 6.45) is 9.65. The van der Waals surface area contributed by atoms with Gasteiger partial charge < -0.3 is 5.32 Å². The lowest BCUT2D eigenvalue weighted by Crippen LogP contribution is -2.36. The molecule has 6 heteroatoms. The number of hydrogen-bond donors (Lipinski definition) is 1. The van der Waals surface area contributed by atoms with Crippen LogP contribution in [0.4, 0.5) is 0 Å². The molecule has 1 aromatic heterocycles. The van der Waals surface area contributed by atoms with Gasteiger partial charge in [0.1, 0.15) is 0 Å². The molecule has 156 valence electrons. The number of pyridine rings is 1. The molecule has 1 aliphatic carbocycles. The molecule has 1 N–H and O–H groups in total. The molecule has 2 aliphatic heterocycles. The van der Waals surface area contributed by atoms with E-state index in [-0.39, 0.29) is 18.0 Å². The van der Waals surface area contributed by atoms with Gasteiger partial charge in [-0.25, -0.2) is 0 Å². The van der Waals surface area contributed by atoms with Gasteiger partial charge in [0.2, 0.25) is 0 Å². The van der Waals surface area contributed by atoms with Crippen LogP contribution >= 0.6 is 0 Å². The van der Waals surface area contributed by atoms with E-state index in [1.165, 1.54) is 37.9 Å². The highest BCUT2D eigenvalue weighted by molar-refractivity contribution is 5.85. The van der Waals surface area contributed by atoms with Crippen LogP contribution in [0.15, 0.2) is 46.9 Å². The Hall–Kier alpha value is -2.60. The molecule has 1 amide bonds. The zero-order chi connectivity index (χ0) is 20.5. The predicted molar refractivity (Wildman–Crippen MR) is 116 cm³/mol. The summed E-state index contributed by atoms with van der Waals surface area (Å²) in [5.41, 5.74) is 5.45. The lowest BCUT2D eigenvalue weighted by atomic mass is 9.91. The van der Waals surface area contributed by atoms with Crippen LogP contribution in [0.2, 0.25) is 0 Å². The second-order valence-electron chi connectivity index (χ2n) is 8.85. The third-order valence-corrected chi connectivity index (χ3v) is 6.62. The molecular formula is C24H29N5O. The van der Waals surface area contributed by atoms with Crippen LogP contribution in [0.25, 0.3) is 11.1 Å². The fourth-order valence-electron chi connectivity index (χ4n) is 4.74. The van der Waals surface area contributed by atoms with E-state index >= 15 is 0 Å². The van der Waals surface area contributed by atoms with Gasteiger partial charge in [0.25, 0.3) is 5.91 Å². The van der Waals surface area contributed by atoms with Crippen molar-refractivity contribution in [1.29, 1.82) is 0 Å². The largest absolute Gasteiger partial charge is 0.351 e. The summed E-state index contributed by atoms with van der Waals surface area (Å²) in [6.45, 7) is 5.32. The molecule has 2 unspecified atom stereocenters. The quantitative estimate of drug-likeness (QED) is 0.794. The van der Waals surface area contributed by atoms with Gasteiger partial charge in [0.15, 0.2) is 6.04 Å². The van der Waals surface area contributed by atoms with Crippen molar-refractivity contribution in [3.05, 3.63) is 53.3 Å². The normalized spacial score (nSPS) is 23.8. The minimum Gasteiger partial charge on any atom is -0.351 e. The van der Waals surface area contributed by atoms with Gasteiger partial charge in [-0.05, 0) is 73.7 Å². The summed E-state index contributed by atoms with van der Waals surface area (Å²) in [5, 5.41) is 12.0. The summed E-state index contributed by atoms with van der Waals surface area (Å²) < 4.78 is 0. The Labute approximate surface area is 177 Å². The molecule has 3 heterocycles. The first kappa shape index (κ1) is 19.4. The van der Waals surface area contributed by atoms with Crippen molar-refractivity contribution in [1.82, 2.24) is 15.2 Å². The Bertz CT molecular complexity index is 962. The number of likely N-dealkylation sites (tertiary alicyclic amines) is 1. The van der Waals surface area contributed by atoms with Crippen LogP contribution in [-0.4, -0.2) is 34.9 Å². The number of benzene rings is 1. The number of fused-ring (bicyclic) bond motifs is 1. The molecule has 0 spiro atoms. The molecule has 0 radical (unpaired) electrons. The predicted octanol–water partition coefficient (Wildman–Crippen LogP) is 4.58. The number of azo groups is 1. The van der Waals surface area contributed by atoms with Gasteiger partial charge in [-0.3, -0.25) is 14.7 Å². The topological polar surface area (TPSA) is 70.0 Å². The average molecular weight is 404 g/mol. The zero-order valence-electron chi connectivity index (χ0n) is 17.6. The molecule has 30 heavy (non-hydrogen) atoms. The number of hydrogen-bond acceptors (Lipinski definition) is 5. The Morgan fingerprint density at radius 1 is 1.03 bits per heavy atom. The van der Waals surface area contributed by atoms with Crippen LogP contribution in [0, 0.1) is 0 Å². The van der Waals surface area contributed by atoms with Crippen molar-refractivity contribution in [2.75, 3.05) is 13.1 Å². The molecule has 1 saturated heterocycles. The first-order valence-corrected chi connectivity index (χ1v) is 11.2. The fourth-order valence-corrected chi connectivity index (χ4v) is 4.74. The average Bonchev–Trinajstić information content (AvgIpc) is 3.24. The Balaban J connectivity index is 1.42. The van der Waals surface area contributed by atoms with E-state index in [2.05, 4.69) is 49.7 Å². The van der Waals surface area contributed by atoms with Crippen LogP contribution in [0.5, 0.6) is 0 Å². The Kier molecular flexibility index (Phi) is 5.34. The van der Waals surface area contributed by atoms with E-state index in [0.29, 0.717) is 0 Å². The van der Waals surface area contributed by atoms with Crippen LogP contribution in [0.3, 0.4) is 0 Å². The second-order valence-corrected chi connectivity index (χ2v) is 8.85. The third-order valence-electron chi connectivity index (χ3n) is 6.62. The van der Waals surface area contributed by atoms with Gasteiger partial charge in [-0.15, -0.1) is 0 Å². The van der Waals surface area contributed by atoms with Gasteiger partial charge in [-0.2, -0.15) is 10.2 Å². The molecule has 2 aromatic rings. The van der Waals surface area contributed by atoms with E-state index in [0.717, 1.165) is 41.6 Å². The summed E-state index contributed by atoms with van der Waals surface area (Å²) in [7, 11) is 0. The summed E-state index contributed by atoms with van der Waals surface area (Å²) in [4.78, 5) is 19.9. The monoisotopic (exact) mass is 403 g/mol. The molecule has 0 bridgehead atoms. The summed E-state index contributed by atoms with van der Waals surface area (Å²) in [6, 6.07) is 8.25. The summed E-state index contributed by atoms with van der Waals surface area (Å²) in [5.74, 6) is -0.0272. The number of carbonyl (C=O) groups excluding carboxylic acids is 1. The minimum absolute atomic E-state index is 0.0272. The van der Waals surface area contributed by atoms with E-state index < -0.39 is 6.04 Å². The molecule has 1 saturated carbocycles. The van der Waals surface area contributed by atoms with E-state index in [1.54, 1.807) is 0 Å². The van der Waals surface area contributed by atoms with Crippen LogP contribution < -0.4 is 5.32 Å². The molecular weight excluding hydrogens is 374 g/mol. The number of nitrogens with zero attached hydrogens (tertiary/aromatic N) is 4. The lowest BCUT2D eigenvalue weighted by Gasteiger charge is -2.30.